The highest BCUT2D eigenvalue weighted by atomic mass is 16.6. The molecule has 4 rings (SSSR count). The first kappa shape index (κ1) is 14.1. The zero-order valence-corrected chi connectivity index (χ0v) is 13.7. The van der Waals surface area contributed by atoms with Crippen LogP contribution in [0.25, 0.3) is 0 Å². The number of carbonyl (C=O) groups is 1. The van der Waals surface area contributed by atoms with Crippen molar-refractivity contribution in [3.8, 4) is 0 Å². The predicted molar refractivity (Wildman–Crippen MR) is 82.7 cm³/mol. The number of esters is 1. The van der Waals surface area contributed by atoms with E-state index in [9.17, 15) is 4.79 Å². The van der Waals surface area contributed by atoms with Crippen molar-refractivity contribution in [2.75, 3.05) is 0 Å². The van der Waals surface area contributed by atoms with Crippen LogP contribution in [0.1, 0.15) is 78.1 Å². The molecule has 118 valence electrons. The van der Waals surface area contributed by atoms with Crippen LogP contribution in [0, 0.1) is 29.1 Å². The maximum absolute atomic E-state index is 11.8. The largest absolute Gasteiger partial charge is 0.459 e. The SMILES string of the molecule is C[C@]12CCCC[C@@H]1CC[C@@H]1[C@@H]2CC[C@]2(C)OC(=O)CC[C@@H]12. The molecule has 0 N–H and O–H groups in total. The van der Waals surface area contributed by atoms with E-state index in [0.717, 1.165) is 30.6 Å². The molecule has 0 amide bonds. The molecule has 4 fully saturated rings. The number of carbonyl (C=O) groups excluding carboxylic acids is 1. The Morgan fingerprint density at radius 2 is 1.81 bits per heavy atom. The summed E-state index contributed by atoms with van der Waals surface area (Å²) in [4.78, 5) is 11.8. The van der Waals surface area contributed by atoms with Gasteiger partial charge in [0.2, 0.25) is 0 Å². The molecule has 0 spiro atoms. The van der Waals surface area contributed by atoms with E-state index in [2.05, 4.69) is 13.8 Å². The average molecular weight is 290 g/mol. The van der Waals surface area contributed by atoms with Crippen molar-refractivity contribution < 1.29 is 9.53 Å². The molecule has 4 aliphatic rings. The molecule has 2 heteroatoms. The van der Waals surface area contributed by atoms with Crippen molar-refractivity contribution in [2.45, 2.75) is 83.7 Å². The lowest BCUT2D eigenvalue weighted by Gasteiger charge is -2.61. The van der Waals surface area contributed by atoms with Crippen LogP contribution in [0.4, 0.5) is 0 Å². The van der Waals surface area contributed by atoms with Crippen molar-refractivity contribution in [1.82, 2.24) is 0 Å². The highest BCUT2D eigenvalue weighted by molar-refractivity contribution is 5.70. The molecule has 3 aliphatic carbocycles. The molecule has 2 nitrogen and oxygen atoms in total. The highest BCUT2D eigenvalue weighted by Crippen LogP contribution is 2.63. The normalized spacial score (nSPS) is 53.1. The van der Waals surface area contributed by atoms with Gasteiger partial charge in [0.05, 0.1) is 0 Å². The van der Waals surface area contributed by atoms with Crippen molar-refractivity contribution in [3.05, 3.63) is 0 Å². The van der Waals surface area contributed by atoms with E-state index < -0.39 is 0 Å². The van der Waals surface area contributed by atoms with Gasteiger partial charge >= 0.3 is 5.97 Å². The molecule has 6 atom stereocenters. The summed E-state index contributed by atoms with van der Waals surface area (Å²) in [5, 5.41) is 0. The fourth-order valence-electron chi connectivity index (χ4n) is 6.81. The Hall–Kier alpha value is -0.530. The van der Waals surface area contributed by atoms with E-state index >= 15 is 0 Å². The first-order valence-electron chi connectivity index (χ1n) is 9.25. The predicted octanol–water partition coefficient (Wildman–Crippen LogP) is 4.71. The monoisotopic (exact) mass is 290 g/mol. The van der Waals surface area contributed by atoms with Gasteiger partial charge in [-0.25, -0.2) is 0 Å². The number of rotatable bonds is 0. The minimum atomic E-state index is -0.144. The fraction of sp³-hybridized carbons (Fsp3) is 0.947. The first-order valence-corrected chi connectivity index (χ1v) is 9.25. The average Bonchev–Trinajstić information content (AvgIpc) is 2.45. The summed E-state index contributed by atoms with van der Waals surface area (Å²) >= 11 is 0. The van der Waals surface area contributed by atoms with Gasteiger partial charge in [0.1, 0.15) is 5.60 Å². The van der Waals surface area contributed by atoms with Crippen LogP contribution < -0.4 is 0 Å². The third-order valence-corrected chi connectivity index (χ3v) is 7.92. The Labute approximate surface area is 129 Å². The van der Waals surface area contributed by atoms with Crippen LogP contribution >= 0.6 is 0 Å². The highest BCUT2D eigenvalue weighted by Gasteiger charge is 2.58. The van der Waals surface area contributed by atoms with E-state index in [4.69, 9.17) is 4.74 Å². The van der Waals surface area contributed by atoms with Gasteiger partial charge < -0.3 is 4.74 Å². The van der Waals surface area contributed by atoms with Crippen LogP contribution in [0.5, 0.6) is 0 Å². The topological polar surface area (TPSA) is 26.3 Å². The zero-order valence-electron chi connectivity index (χ0n) is 13.7. The van der Waals surface area contributed by atoms with Gasteiger partial charge in [-0.05, 0) is 75.0 Å². The van der Waals surface area contributed by atoms with Crippen LogP contribution in [-0.2, 0) is 9.53 Å². The lowest BCUT2D eigenvalue weighted by Crippen LogP contribution is -2.57. The van der Waals surface area contributed by atoms with E-state index in [1.165, 1.54) is 44.9 Å². The van der Waals surface area contributed by atoms with Crippen LogP contribution in [0.15, 0.2) is 0 Å². The Morgan fingerprint density at radius 3 is 2.67 bits per heavy atom. The second kappa shape index (κ2) is 4.73. The standard InChI is InChI=1S/C19H30O2/c1-18-11-4-3-5-13(18)6-7-14-15(18)10-12-19(2)16(14)8-9-17(20)21-19/h13-16H,3-12H2,1-2H3/t13-,14-,15+,16+,18+,19+/m1/s1. The maximum Gasteiger partial charge on any atom is 0.306 e. The summed E-state index contributed by atoms with van der Waals surface area (Å²) < 4.78 is 5.86. The van der Waals surface area contributed by atoms with Gasteiger partial charge in [-0.1, -0.05) is 19.8 Å². The van der Waals surface area contributed by atoms with Crippen LogP contribution in [0.2, 0.25) is 0 Å². The molecule has 0 aromatic rings. The molecule has 1 aliphatic heterocycles. The van der Waals surface area contributed by atoms with Crippen molar-refractivity contribution in [2.24, 2.45) is 29.1 Å². The molecule has 0 aromatic carbocycles. The fourth-order valence-corrected chi connectivity index (χ4v) is 6.81. The van der Waals surface area contributed by atoms with E-state index in [1.807, 2.05) is 0 Å². The van der Waals surface area contributed by atoms with E-state index in [0.29, 0.717) is 17.8 Å². The molecular formula is C19H30O2. The smallest absolute Gasteiger partial charge is 0.306 e. The molecule has 0 radical (unpaired) electrons. The first-order chi connectivity index (χ1) is 10.0. The molecule has 0 aromatic heterocycles. The molecule has 0 bridgehead atoms. The summed E-state index contributed by atoms with van der Waals surface area (Å²) in [6.07, 6.45) is 12.8. The van der Waals surface area contributed by atoms with E-state index in [1.54, 1.807) is 0 Å². The quantitative estimate of drug-likeness (QED) is 0.604. The maximum atomic E-state index is 11.8. The van der Waals surface area contributed by atoms with Crippen molar-refractivity contribution in [1.29, 1.82) is 0 Å². The van der Waals surface area contributed by atoms with Gasteiger partial charge in [-0.15, -0.1) is 0 Å². The Balaban J connectivity index is 1.63. The van der Waals surface area contributed by atoms with Crippen LogP contribution in [-0.4, -0.2) is 11.6 Å². The molecule has 1 heterocycles. The summed E-state index contributed by atoms with van der Waals surface area (Å²) in [6.45, 7) is 4.82. The number of hydrogen-bond acceptors (Lipinski definition) is 2. The lowest BCUT2D eigenvalue weighted by molar-refractivity contribution is -0.202. The van der Waals surface area contributed by atoms with Crippen molar-refractivity contribution >= 4 is 5.97 Å². The van der Waals surface area contributed by atoms with Gasteiger partial charge in [0.25, 0.3) is 0 Å². The third kappa shape index (κ3) is 2.00. The second-order valence-electron chi connectivity index (χ2n) is 8.77. The van der Waals surface area contributed by atoms with Gasteiger partial charge in [0, 0.05) is 12.3 Å². The molecule has 3 saturated carbocycles. The summed E-state index contributed by atoms with van der Waals surface area (Å²) in [7, 11) is 0. The Bertz CT molecular complexity index is 445. The van der Waals surface area contributed by atoms with Gasteiger partial charge in [-0.2, -0.15) is 0 Å². The van der Waals surface area contributed by atoms with E-state index in [-0.39, 0.29) is 11.6 Å². The number of ether oxygens (including phenoxy) is 1. The molecule has 1 saturated heterocycles. The van der Waals surface area contributed by atoms with Gasteiger partial charge in [0.15, 0.2) is 0 Å². The minimum Gasteiger partial charge on any atom is -0.459 e. The Kier molecular flexibility index (Phi) is 3.17. The second-order valence-corrected chi connectivity index (χ2v) is 8.77. The molecule has 21 heavy (non-hydrogen) atoms. The minimum absolute atomic E-state index is 0.0461. The van der Waals surface area contributed by atoms with Crippen LogP contribution in [0.3, 0.4) is 0 Å². The number of hydrogen-bond donors (Lipinski definition) is 0. The summed E-state index contributed by atoms with van der Waals surface area (Å²) in [6, 6.07) is 0. The molecule has 0 unspecified atom stereocenters. The third-order valence-electron chi connectivity index (χ3n) is 7.92. The number of fused-ring (bicyclic) bond motifs is 5. The summed E-state index contributed by atoms with van der Waals surface area (Å²) in [5.74, 6) is 3.36. The van der Waals surface area contributed by atoms with Gasteiger partial charge in [-0.3, -0.25) is 4.79 Å². The molecular weight excluding hydrogens is 260 g/mol. The van der Waals surface area contributed by atoms with Crippen molar-refractivity contribution in [3.63, 3.8) is 0 Å². The Morgan fingerprint density at radius 1 is 0.952 bits per heavy atom. The zero-order chi connectivity index (χ0) is 14.7. The lowest BCUT2D eigenvalue weighted by atomic mass is 9.46. The summed E-state index contributed by atoms with van der Waals surface area (Å²) in [5.41, 5.74) is 0.443.